The highest BCUT2D eigenvalue weighted by Crippen LogP contribution is 2.27. The quantitative estimate of drug-likeness (QED) is 0.0833. The third-order valence-electron chi connectivity index (χ3n) is 5.63. The first kappa shape index (κ1) is 39.3. The van der Waals surface area contributed by atoms with Crippen LogP contribution in [0.25, 0.3) is 0 Å². The zero-order valence-electron chi connectivity index (χ0n) is 24.1. The van der Waals surface area contributed by atoms with Crippen molar-refractivity contribution in [2.45, 2.75) is 121 Å². The van der Waals surface area contributed by atoms with Crippen molar-refractivity contribution in [3.05, 3.63) is 0 Å². The maximum atomic E-state index is 12.1. The molecule has 2 atom stereocenters. The molecule has 0 bridgehead atoms. The van der Waals surface area contributed by atoms with Gasteiger partial charge in [-0.2, -0.15) is 37.4 Å². The molecule has 13 heteroatoms. The van der Waals surface area contributed by atoms with E-state index in [0.29, 0.717) is 19.6 Å². The molecule has 2 rings (SSSR count). The van der Waals surface area contributed by atoms with Crippen molar-refractivity contribution in [3.63, 3.8) is 0 Å². The third-order valence-corrected chi connectivity index (χ3v) is 9.99. The topological polar surface area (TPSA) is 36.9 Å². The van der Waals surface area contributed by atoms with E-state index in [4.69, 9.17) is 36.4 Å². The van der Waals surface area contributed by atoms with Crippen LogP contribution < -0.4 is 0 Å². The normalized spacial score (nSPS) is 20.1. The Labute approximate surface area is 242 Å². The van der Waals surface area contributed by atoms with Crippen molar-refractivity contribution in [2.24, 2.45) is 0 Å². The molecule has 0 aromatic carbocycles. The van der Waals surface area contributed by atoms with Gasteiger partial charge in [0.15, 0.2) is 20.0 Å². The summed E-state index contributed by atoms with van der Waals surface area (Å²) >= 11 is 5.68. The lowest BCUT2D eigenvalue weighted by Gasteiger charge is -2.22. The summed E-state index contributed by atoms with van der Waals surface area (Å²) in [5, 5.41) is 0. The molecule has 2 saturated heterocycles. The van der Waals surface area contributed by atoms with Crippen LogP contribution in [-0.2, 0) is 18.9 Å². The van der Waals surface area contributed by atoms with Crippen LogP contribution in [0.5, 0.6) is 0 Å². The van der Waals surface area contributed by atoms with Crippen molar-refractivity contribution in [3.8, 4) is 23.8 Å². The molecule has 0 radical (unpaired) electrons. The second-order valence-electron chi connectivity index (χ2n) is 10.9. The Morgan fingerprint density at radius 2 is 1.32 bits per heavy atom. The second kappa shape index (κ2) is 20.2. The number of terminal acetylenes is 1. The average Bonchev–Trinajstić information content (AvgIpc) is 2.86. The minimum absolute atomic E-state index is 0.0112. The summed E-state index contributed by atoms with van der Waals surface area (Å²) in [6.45, 7) is 9.53. The van der Waals surface area contributed by atoms with Gasteiger partial charge in [0.1, 0.15) is 14.7 Å². The lowest BCUT2D eigenvalue weighted by atomic mass is 10.2. The number of hydrogen-bond acceptors (Lipinski definition) is 4. The first-order chi connectivity index (χ1) is 18.4. The summed E-state index contributed by atoms with van der Waals surface area (Å²) in [6, 6.07) is 0.251. The van der Waals surface area contributed by atoms with Crippen LogP contribution in [0.2, 0.25) is 38.3 Å². The fourth-order valence-corrected chi connectivity index (χ4v) is 6.05. The maximum absolute atomic E-state index is 12.1. The zero-order valence-corrected chi connectivity index (χ0v) is 26.9. The van der Waals surface area contributed by atoms with Gasteiger partial charge in [-0.3, -0.25) is 0 Å². The standard InChI is InChI=1S/C13H21F3O2Si.C9H14O2.C5H10ClF3Si/c1-19(2,11-7-13(14,15)16)10-5-9-18-12-6-3-4-8-17-12;1-2-3-7-10-9-6-4-5-8-11-9;1-10(2,6)4-3-5(7,8)9/h12H,3-4,6-9,11H2,1-2H3;1,9H,3-8H2;3-4H2,1-2H3. The highest BCUT2D eigenvalue weighted by atomic mass is 35.6. The molecule has 0 aliphatic carbocycles. The van der Waals surface area contributed by atoms with Gasteiger partial charge in [0.2, 0.25) is 0 Å². The van der Waals surface area contributed by atoms with Crippen LogP contribution in [0.4, 0.5) is 26.3 Å². The minimum Gasteiger partial charge on any atom is -0.353 e. The van der Waals surface area contributed by atoms with Gasteiger partial charge in [-0.25, -0.2) is 0 Å². The first-order valence-electron chi connectivity index (χ1n) is 13.6. The predicted molar refractivity (Wildman–Crippen MR) is 152 cm³/mol. The Morgan fingerprint density at radius 1 is 0.825 bits per heavy atom. The molecular weight excluding hydrogens is 594 g/mol. The van der Waals surface area contributed by atoms with Crippen LogP contribution in [0, 0.1) is 23.8 Å². The molecule has 0 saturated carbocycles. The van der Waals surface area contributed by atoms with Gasteiger partial charge < -0.3 is 18.9 Å². The van der Waals surface area contributed by atoms with Crippen molar-refractivity contribution in [2.75, 3.05) is 26.4 Å². The Kier molecular flexibility index (Phi) is 19.8. The zero-order chi connectivity index (χ0) is 30.7. The molecule has 0 amide bonds. The van der Waals surface area contributed by atoms with Gasteiger partial charge in [-0.15, -0.1) is 17.9 Å². The fraction of sp³-hybridized carbons (Fsp3) is 0.852. The second-order valence-corrected chi connectivity index (χ2v) is 22.4. The highest BCUT2D eigenvalue weighted by Gasteiger charge is 2.32. The smallest absolute Gasteiger partial charge is 0.353 e. The first-order valence-corrected chi connectivity index (χ1v) is 21.1. The number of alkyl halides is 6. The van der Waals surface area contributed by atoms with Crippen molar-refractivity contribution >= 4 is 26.5 Å². The van der Waals surface area contributed by atoms with Crippen LogP contribution in [0.1, 0.15) is 57.8 Å². The van der Waals surface area contributed by atoms with Crippen molar-refractivity contribution in [1.29, 1.82) is 0 Å². The number of hydrogen-bond donors (Lipinski definition) is 0. The van der Waals surface area contributed by atoms with Gasteiger partial charge in [0.25, 0.3) is 0 Å². The van der Waals surface area contributed by atoms with E-state index in [2.05, 4.69) is 17.4 Å². The molecular formula is C27H45ClF6O4Si2. The maximum Gasteiger partial charge on any atom is 0.388 e. The molecule has 0 N–H and O–H groups in total. The van der Waals surface area contributed by atoms with E-state index in [-0.39, 0.29) is 31.3 Å². The van der Waals surface area contributed by atoms with E-state index in [1.165, 1.54) is 6.42 Å². The van der Waals surface area contributed by atoms with Crippen LogP contribution in [-0.4, -0.2) is 66.8 Å². The monoisotopic (exact) mass is 638 g/mol. The van der Waals surface area contributed by atoms with Crippen molar-refractivity contribution in [1.82, 2.24) is 0 Å². The van der Waals surface area contributed by atoms with E-state index in [0.717, 1.165) is 38.7 Å². The molecule has 2 fully saturated rings. The summed E-state index contributed by atoms with van der Waals surface area (Å²) in [7, 11) is -4.12. The molecule has 0 aromatic rings. The molecule has 2 heterocycles. The van der Waals surface area contributed by atoms with Gasteiger partial charge in [0.05, 0.1) is 6.61 Å². The third kappa shape index (κ3) is 27.4. The molecule has 2 aliphatic rings. The van der Waals surface area contributed by atoms with Gasteiger partial charge >= 0.3 is 12.4 Å². The predicted octanol–water partition coefficient (Wildman–Crippen LogP) is 8.67. The van der Waals surface area contributed by atoms with Crippen LogP contribution in [0.15, 0.2) is 0 Å². The van der Waals surface area contributed by atoms with E-state index >= 15 is 0 Å². The van der Waals surface area contributed by atoms with E-state index < -0.39 is 40.7 Å². The van der Waals surface area contributed by atoms with E-state index in [1.54, 1.807) is 13.1 Å². The average molecular weight is 639 g/mol. The number of ether oxygens (including phenoxy) is 4. The Bertz CT molecular complexity index is 745. The summed E-state index contributed by atoms with van der Waals surface area (Å²) in [5.74, 6) is 5.38. The summed E-state index contributed by atoms with van der Waals surface area (Å²) in [5.41, 5.74) is 2.98. The molecule has 2 aliphatic heterocycles. The van der Waals surface area contributed by atoms with Crippen LogP contribution >= 0.6 is 11.1 Å². The fourth-order valence-electron chi connectivity index (χ4n) is 3.30. The van der Waals surface area contributed by atoms with Gasteiger partial charge in [-0.05, 0) is 50.6 Å². The Balaban J connectivity index is 0.000000618. The minimum atomic E-state index is -4.08. The summed E-state index contributed by atoms with van der Waals surface area (Å²) < 4.78 is 92.6. The van der Waals surface area contributed by atoms with Crippen LogP contribution in [0.3, 0.4) is 0 Å². The van der Waals surface area contributed by atoms with Crippen molar-refractivity contribution < 1.29 is 45.3 Å². The Morgan fingerprint density at radius 3 is 1.73 bits per heavy atom. The van der Waals surface area contributed by atoms with E-state index in [9.17, 15) is 26.3 Å². The molecule has 0 spiro atoms. The summed E-state index contributed by atoms with van der Waals surface area (Å²) in [6.07, 6.45) is 2.37. The largest absolute Gasteiger partial charge is 0.388 e. The molecule has 40 heavy (non-hydrogen) atoms. The molecule has 4 nitrogen and oxygen atoms in total. The number of rotatable bonds is 9. The lowest BCUT2D eigenvalue weighted by Crippen LogP contribution is -2.26. The molecule has 234 valence electrons. The summed E-state index contributed by atoms with van der Waals surface area (Å²) in [4.78, 5) is 0. The highest BCUT2D eigenvalue weighted by molar-refractivity contribution is 7.19. The SMILES string of the molecule is C#CCCOC1CCCCO1.C[Si](C)(C#CCOC1CCCCO1)CCC(F)(F)F.C[Si](C)(Cl)CCC(F)(F)F. The molecule has 0 aromatic heterocycles. The van der Waals surface area contributed by atoms with Gasteiger partial charge in [-0.1, -0.05) is 32.1 Å². The Hall–Kier alpha value is -0.736. The van der Waals surface area contributed by atoms with E-state index in [1.807, 2.05) is 13.1 Å². The van der Waals surface area contributed by atoms with Gasteiger partial charge in [0, 0.05) is 32.5 Å². The lowest BCUT2D eigenvalue weighted by molar-refractivity contribution is -0.161. The number of halogens is 7. The molecule has 2 unspecified atom stereocenters.